The third kappa shape index (κ3) is 3.85. The van der Waals surface area contributed by atoms with Crippen molar-refractivity contribution >= 4 is 5.57 Å². The van der Waals surface area contributed by atoms with Crippen molar-refractivity contribution in [2.45, 2.75) is 13.3 Å². The van der Waals surface area contributed by atoms with E-state index in [1.165, 1.54) is 39.0 Å². The predicted molar refractivity (Wildman–Crippen MR) is 117 cm³/mol. The fourth-order valence-electron chi connectivity index (χ4n) is 3.68. The Hall–Kier alpha value is -3.12. The molecule has 0 nitrogen and oxygen atoms in total. The van der Waals surface area contributed by atoms with Gasteiger partial charge >= 0.3 is 0 Å². The molecule has 0 saturated heterocycles. The second-order valence-electron chi connectivity index (χ2n) is 7.21. The first kappa shape index (κ1) is 17.3. The van der Waals surface area contributed by atoms with Crippen LogP contribution in [0.1, 0.15) is 17.5 Å². The van der Waals surface area contributed by atoms with E-state index < -0.39 is 0 Å². The van der Waals surface area contributed by atoms with Crippen molar-refractivity contribution in [3.63, 3.8) is 0 Å². The highest BCUT2D eigenvalue weighted by molar-refractivity contribution is 5.77. The van der Waals surface area contributed by atoms with Crippen LogP contribution in [0.5, 0.6) is 0 Å². The van der Waals surface area contributed by atoms with Gasteiger partial charge in [-0.05, 0) is 64.8 Å². The van der Waals surface area contributed by atoms with Gasteiger partial charge in [0.15, 0.2) is 0 Å². The Morgan fingerprint density at radius 3 is 1.96 bits per heavy atom. The highest BCUT2D eigenvalue weighted by atomic mass is 14.2. The summed E-state index contributed by atoms with van der Waals surface area (Å²) in [7, 11) is 0. The molecule has 1 atom stereocenters. The van der Waals surface area contributed by atoms with Crippen molar-refractivity contribution < 1.29 is 0 Å². The molecule has 0 fully saturated rings. The normalized spacial score (nSPS) is 16.0. The zero-order chi connectivity index (χ0) is 18.6. The summed E-state index contributed by atoms with van der Waals surface area (Å²) >= 11 is 0. The largest absolute Gasteiger partial charge is 0.102 e. The van der Waals surface area contributed by atoms with E-state index in [-0.39, 0.29) is 0 Å². The summed E-state index contributed by atoms with van der Waals surface area (Å²) in [6.07, 6.45) is 9.63. The van der Waals surface area contributed by atoms with Crippen molar-refractivity contribution in [2.24, 2.45) is 5.92 Å². The number of allylic oxidation sites excluding steroid dienone is 5. The van der Waals surface area contributed by atoms with E-state index in [0.717, 1.165) is 6.42 Å². The molecule has 132 valence electrons. The monoisotopic (exact) mass is 348 g/mol. The predicted octanol–water partition coefficient (Wildman–Crippen LogP) is 7.47. The Morgan fingerprint density at radius 1 is 0.778 bits per heavy atom. The Bertz CT molecular complexity index is 1030. The zero-order valence-electron chi connectivity index (χ0n) is 15.7. The van der Waals surface area contributed by atoms with Gasteiger partial charge in [0.25, 0.3) is 0 Å². The van der Waals surface area contributed by atoms with Crippen molar-refractivity contribution in [2.75, 3.05) is 0 Å². The highest BCUT2D eigenvalue weighted by Gasteiger charge is 2.11. The van der Waals surface area contributed by atoms with Crippen LogP contribution in [0, 0.1) is 12.8 Å². The fourth-order valence-corrected chi connectivity index (χ4v) is 3.68. The van der Waals surface area contributed by atoms with E-state index in [9.17, 15) is 0 Å². The van der Waals surface area contributed by atoms with Gasteiger partial charge < -0.3 is 0 Å². The SMILES string of the molecule is C=CC1C=CC=C(c2cccc(-c3cccc(-c4cccc(C)c4)c3)c2)C1. The molecule has 0 radical (unpaired) electrons. The topological polar surface area (TPSA) is 0 Å². The first-order chi connectivity index (χ1) is 13.2. The summed E-state index contributed by atoms with van der Waals surface area (Å²) in [6.45, 7) is 6.08. The summed E-state index contributed by atoms with van der Waals surface area (Å²) in [6, 6.07) is 26.4. The third-order valence-electron chi connectivity index (χ3n) is 5.19. The molecule has 1 aliphatic rings. The molecule has 0 spiro atoms. The highest BCUT2D eigenvalue weighted by Crippen LogP contribution is 2.32. The van der Waals surface area contributed by atoms with Gasteiger partial charge in [-0.3, -0.25) is 0 Å². The molecule has 0 saturated carbocycles. The molecule has 4 rings (SSSR count). The van der Waals surface area contributed by atoms with E-state index in [0.29, 0.717) is 5.92 Å². The van der Waals surface area contributed by atoms with E-state index in [1.54, 1.807) is 0 Å². The van der Waals surface area contributed by atoms with Crippen molar-refractivity contribution in [1.82, 2.24) is 0 Å². The van der Waals surface area contributed by atoms with Gasteiger partial charge in [0, 0.05) is 0 Å². The van der Waals surface area contributed by atoms with Crippen molar-refractivity contribution in [3.05, 3.63) is 115 Å². The minimum absolute atomic E-state index is 0.429. The minimum Gasteiger partial charge on any atom is -0.102 e. The van der Waals surface area contributed by atoms with Crippen molar-refractivity contribution in [3.8, 4) is 22.3 Å². The molecule has 0 aliphatic heterocycles. The molecule has 0 amide bonds. The summed E-state index contributed by atoms with van der Waals surface area (Å²) in [4.78, 5) is 0. The maximum absolute atomic E-state index is 3.94. The second kappa shape index (κ2) is 7.63. The lowest BCUT2D eigenvalue weighted by atomic mass is 9.88. The smallest absolute Gasteiger partial charge is 0.00124 e. The number of hydrogen-bond acceptors (Lipinski definition) is 0. The lowest BCUT2D eigenvalue weighted by Gasteiger charge is -2.16. The molecular formula is C27H24. The zero-order valence-corrected chi connectivity index (χ0v) is 15.7. The molecule has 1 aliphatic carbocycles. The van der Waals surface area contributed by atoms with Gasteiger partial charge in [0.1, 0.15) is 0 Å². The van der Waals surface area contributed by atoms with Gasteiger partial charge in [0.05, 0.1) is 0 Å². The number of rotatable bonds is 4. The van der Waals surface area contributed by atoms with Gasteiger partial charge in [-0.1, -0.05) is 90.5 Å². The Balaban J connectivity index is 1.69. The molecular weight excluding hydrogens is 324 g/mol. The molecule has 0 heteroatoms. The van der Waals surface area contributed by atoms with Crippen LogP contribution >= 0.6 is 0 Å². The quantitative estimate of drug-likeness (QED) is 0.429. The van der Waals surface area contributed by atoms with Crippen LogP contribution in [0.25, 0.3) is 27.8 Å². The van der Waals surface area contributed by atoms with Gasteiger partial charge in [-0.2, -0.15) is 0 Å². The molecule has 3 aromatic carbocycles. The van der Waals surface area contributed by atoms with E-state index >= 15 is 0 Å². The summed E-state index contributed by atoms with van der Waals surface area (Å²) in [5, 5.41) is 0. The standard InChI is InChI=1S/C27H24/c1-3-21-9-5-11-23(17-21)25-13-7-15-27(19-25)26-14-6-12-24(18-26)22-10-4-8-20(2)16-22/h3-16,18-19,21H,1,17H2,2H3. The molecule has 0 bridgehead atoms. The Labute approximate surface area is 162 Å². The van der Waals surface area contributed by atoms with Gasteiger partial charge in [0.2, 0.25) is 0 Å². The molecule has 0 aromatic heterocycles. The van der Waals surface area contributed by atoms with Crippen LogP contribution in [0.4, 0.5) is 0 Å². The third-order valence-corrected chi connectivity index (χ3v) is 5.19. The summed E-state index contributed by atoms with van der Waals surface area (Å²) in [5.74, 6) is 0.429. The van der Waals surface area contributed by atoms with Crippen molar-refractivity contribution in [1.29, 1.82) is 0 Å². The lowest BCUT2D eigenvalue weighted by Crippen LogP contribution is -1.98. The Morgan fingerprint density at radius 2 is 1.33 bits per heavy atom. The molecule has 3 aromatic rings. The van der Waals surface area contributed by atoms with E-state index in [2.05, 4.69) is 105 Å². The number of aryl methyl sites for hydroxylation is 1. The molecule has 0 N–H and O–H groups in total. The molecule has 1 unspecified atom stereocenters. The summed E-state index contributed by atoms with van der Waals surface area (Å²) in [5.41, 5.74) is 8.99. The van der Waals surface area contributed by atoms with Crippen LogP contribution in [0.2, 0.25) is 0 Å². The fraction of sp³-hybridized carbons (Fsp3) is 0.111. The number of hydrogen-bond donors (Lipinski definition) is 0. The van der Waals surface area contributed by atoms with Gasteiger partial charge in [-0.15, -0.1) is 6.58 Å². The van der Waals surface area contributed by atoms with Crippen LogP contribution in [-0.2, 0) is 0 Å². The average molecular weight is 348 g/mol. The average Bonchev–Trinajstić information content (AvgIpc) is 2.74. The maximum Gasteiger partial charge on any atom is -0.00124 e. The minimum atomic E-state index is 0.429. The molecule has 27 heavy (non-hydrogen) atoms. The first-order valence-corrected chi connectivity index (χ1v) is 9.51. The van der Waals surface area contributed by atoms with Crippen LogP contribution < -0.4 is 0 Å². The maximum atomic E-state index is 3.94. The Kier molecular flexibility index (Phi) is 4.89. The van der Waals surface area contributed by atoms with E-state index in [4.69, 9.17) is 0 Å². The van der Waals surface area contributed by atoms with Crippen LogP contribution in [0.3, 0.4) is 0 Å². The van der Waals surface area contributed by atoms with Crippen LogP contribution in [0.15, 0.2) is 104 Å². The molecule has 0 heterocycles. The second-order valence-corrected chi connectivity index (χ2v) is 7.21. The number of benzene rings is 3. The van der Waals surface area contributed by atoms with Crippen LogP contribution in [-0.4, -0.2) is 0 Å². The summed E-state index contributed by atoms with van der Waals surface area (Å²) < 4.78 is 0. The first-order valence-electron chi connectivity index (χ1n) is 9.51. The van der Waals surface area contributed by atoms with Gasteiger partial charge in [-0.25, -0.2) is 0 Å². The lowest BCUT2D eigenvalue weighted by molar-refractivity contribution is 0.839. The van der Waals surface area contributed by atoms with E-state index in [1.807, 2.05) is 6.08 Å².